The molecule has 58 valence electrons. The van der Waals surface area contributed by atoms with E-state index in [1.807, 2.05) is 0 Å². The number of rotatable bonds is 0. The lowest BCUT2D eigenvalue weighted by atomic mass is 11.0. The maximum atomic E-state index is 5.68. The lowest BCUT2D eigenvalue weighted by Gasteiger charge is -2.15. The Labute approximate surface area is 83.3 Å². The molecule has 7 heteroatoms. The number of nitrogens with zero attached hydrogens (tertiary/aromatic N) is 1. The third-order valence-electron chi connectivity index (χ3n) is 0.785. The third kappa shape index (κ3) is 1.38. The Hall–Kier alpha value is 1.21. The van der Waals surface area contributed by atoms with Crippen LogP contribution in [0, 0.1) is 0 Å². The van der Waals surface area contributed by atoms with Crippen LogP contribution in [0.1, 0.15) is 0 Å². The van der Waals surface area contributed by atoms with Gasteiger partial charge in [0.05, 0.1) is 0 Å². The monoisotopic (exact) mass is 257 g/mol. The van der Waals surface area contributed by atoms with Gasteiger partial charge in [-0.15, -0.1) is 0 Å². The fourth-order valence-corrected chi connectivity index (χ4v) is 3.07. The van der Waals surface area contributed by atoms with Gasteiger partial charge in [0.2, 0.25) is 0 Å². The van der Waals surface area contributed by atoms with E-state index in [1.165, 1.54) is 0 Å². The average molecular weight is 259 g/mol. The van der Waals surface area contributed by atoms with E-state index in [0.717, 1.165) is 0 Å². The first-order chi connectivity index (χ1) is 4.46. The lowest BCUT2D eigenvalue weighted by Crippen LogP contribution is -1.85. The predicted molar refractivity (Wildman–Crippen MR) is 51.3 cm³/mol. The second-order valence-corrected chi connectivity index (χ2v) is 7.92. The summed E-state index contributed by atoms with van der Waals surface area (Å²) in [6.45, 7) is 0. The molecule has 0 aromatic heterocycles. The van der Waals surface area contributed by atoms with Gasteiger partial charge >= 0.3 is 0 Å². The topological polar surface area (TPSA) is 12.4 Å². The zero-order valence-electron chi connectivity index (χ0n) is 4.25. The van der Waals surface area contributed by atoms with Crippen molar-refractivity contribution < 1.29 is 0 Å². The van der Waals surface area contributed by atoms with Crippen LogP contribution in [0.25, 0.3) is 0 Å². The molecule has 1 rings (SSSR count). The molecule has 0 saturated heterocycles. The molecule has 0 amide bonds. The summed E-state index contributed by atoms with van der Waals surface area (Å²) >= 11 is 16.5. The van der Waals surface area contributed by atoms with Crippen LogP contribution in [0.2, 0.25) is 0 Å². The highest BCUT2D eigenvalue weighted by molar-refractivity contribution is 8.78. The Morgan fingerprint density at radius 1 is 1.10 bits per heavy atom. The second-order valence-electron chi connectivity index (χ2n) is 1.40. The molecule has 0 aromatic carbocycles. The van der Waals surface area contributed by atoms with E-state index in [4.69, 9.17) is 56.2 Å². The summed E-state index contributed by atoms with van der Waals surface area (Å²) in [6, 6.07) is 0. The van der Waals surface area contributed by atoms with Gasteiger partial charge in [-0.25, -0.2) is 4.99 Å². The molecular formula is C3Cl5NS. The van der Waals surface area contributed by atoms with Gasteiger partial charge in [0, 0.05) is 8.46 Å². The molecule has 1 nitrogen and oxygen atoms in total. The summed E-state index contributed by atoms with van der Waals surface area (Å²) in [5.74, 6) is 0. The van der Waals surface area contributed by atoms with Crippen LogP contribution in [0.5, 0.6) is 0 Å². The van der Waals surface area contributed by atoms with Crippen LogP contribution in [0.3, 0.4) is 0 Å². The Bertz CT molecular complexity index is 231. The van der Waals surface area contributed by atoms with E-state index in [9.17, 15) is 0 Å². The van der Waals surface area contributed by atoms with E-state index in [2.05, 4.69) is 4.99 Å². The summed E-state index contributed by atoms with van der Waals surface area (Å²) in [5, 5.41) is 0.0756. The van der Waals surface area contributed by atoms with Gasteiger partial charge < -0.3 is 0 Å². The van der Waals surface area contributed by atoms with E-state index in [-0.39, 0.29) is 14.0 Å². The molecular weight excluding hydrogens is 259 g/mol. The van der Waals surface area contributed by atoms with Crippen molar-refractivity contribution in [2.75, 3.05) is 0 Å². The van der Waals surface area contributed by atoms with Crippen molar-refractivity contribution >= 4 is 69.1 Å². The highest BCUT2D eigenvalue weighted by Crippen LogP contribution is 2.72. The minimum absolute atomic E-state index is 0.0610. The number of hydrogen-bond donors (Lipinski definition) is 0. The number of halogens is 5. The number of aliphatic imine (C=N–C) groups is 1. The Kier molecular flexibility index (Phi) is 2.72. The van der Waals surface area contributed by atoms with Crippen molar-refractivity contribution in [3.8, 4) is 0 Å². The van der Waals surface area contributed by atoms with Crippen molar-refractivity contribution in [1.29, 1.82) is 0 Å². The molecule has 0 bridgehead atoms. The molecule has 0 aliphatic carbocycles. The molecule has 1 heterocycles. The van der Waals surface area contributed by atoms with Gasteiger partial charge in [-0.2, -0.15) is 0 Å². The standard InChI is InChI=1S/C3Cl5NS/c4-1-2(5)10(7,8)3(6)9-1. The van der Waals surface area contributed by atoms with Gasteiger partial charge in [0.1, 0.15) is 4.36 Å². The van der Waals surface area contributed by atoms with E-state index < -0.39 is 8.46 Å². The SMILES string of the molecule is ClC1=NC(Cl)=C(Cl)S1(Cl)Cl. The molecule has 0 spiro atoms. The normalized spacial score (nSPS) is 26.7. The molecule has 1 aliphatic rings. The molecule has 0 saturated carbocycles. The average Bonchev–Trinajstić information content (AvgIpc) is 1.97. The van der Waals surface area contributed by atoms with Crippen molar-refractivity contribution in [2.45, 2.75) is 0 Å². The first-order valence-corrected chi connectivity index (χ1v) is 6.40. The number of hydrogen-bond acceptors (Lipinski definition) is 1. The summed E-state index contributed by atoms with van der Waals surface area (Å²) in [4.78, 5) is 3.59. The highest BCUT2D eigenvalue weighted by Gasteiger charge is 2.35. The molecule has 0 fully saturated rings. The third-order valence-corrected chi connectivity index (χ3v) is 6.83. The summed E-state index contributed by atoms with van der Waals surface area (Å²) in [6.07, 6.45) is 0. The maximum Gasteiger partial charge on any atom is 0.178 e. The first kappa shape index (κ1) is 9.30. The Balaban J connectivity index is 3.11. The van der Waals surface area contributed by atoms with Gasteiger partial charge in [0.15, 0.2) is 9.66 Å². The summed E-state index contributed by atoms with van der Waals surface area (Å²) < 4.78 is 0.188. The van der Waals surface area contributed by atoms with Gasteiger partial charge in [-0.1, -0.05) is 34.8 Å². The van der Waals surface area contributed by atoms with E-state index in [0.29, 0.717) is 0 Å². The Morgan fingerprint density at radius 3 is 1.70 bits per heavy atom. The minimum Gasteiger partial charge on any atom is -0.214 e. The van der Waals surface area contributed by atoms with E-state index >= 15 is 0 Å². The Morgan fingerprint density at radius 2 is 1.60 bits per heavy atom. The zero-order chi connectivity index (χ0) is 7.94. The molecule has 10 heavy (non-hydrogen) atoms. The lowest BCUT2D eigenvalue weighted by molar-refractivity contribution is 1.57. The quantitative estimate of drug-likeness (QED) is 0.575. The van der Waals surface area contributed by atoms with Crippen LogP contribution in [-0.4, -0.2) is 4.50 Å². The van der Waals surface area contributed by atoms with Crippen molar-refractivity contribution in [1.82, 2.24) is 0 Å². The van der Waals surface area contributed by atoms with Crippen molar-refractivity contribution in [3.05, 3.63) is 9.52 Å². The molecule has 0 atom stereocenters. The molecule has 0 N–H and O–H groups in total. The van der Waals surface area contributed by atoms with Crippen LogP contribution in [-0.2, 0) is 0 Å². The van der Waals surface area contributed by atoms with E-state index in [1.54, 1.807) is 0 Å². The highest BCUT2D eigenvalue weighted by atomic mass is 36.0. The maximum absolute atomic E-state index is 5.68. The first-order valence-electron chi connectivity index (χ1n) is 1.98. The van der Waals surface area contributed by atoms with Crippen LogP contribution in [0.4, 0.5) is 0 Å². The molecule has 0 unspecified atom stereocenters. The van der Waals surface area contributed by atoms with Crippen LogP contribution in [0.15, 0.2) is 14.5 Å². The van der Waals surface area contributed by atoms with Crippen LogP contribution < -0.4 is 0 Å². The zero-order valence-corrected chi connectivity index (χ0v) is 8.84. The minimum atomic E-state index is -2.28. The van der Waals surface area contributed by atoms with Crippen molar-refractivity contribution in [2.24, 2.45) is 4.99 Å². The van der Waals surface area contributed by atoms with Gasteiger partial charge in [0.25, 0.3) is 0 Å². The summed E-state index contributed by atoms with van der Waals surface area (Å²) in [5.41, 5.74) is 0. The fourth-order valence-electron chi connectivity index (χ4n) is 0.358. The summed E-state index contributed by atoms with van der Waals surface area (Å²) in [7, 11) is 9.07. The second kappa shape index (κ2) is 2.92. The molecule has 0 aromatic rings. The largest absolute Gasteiger partial charge is 0.214 e. The van der Waals surface area contributed by atoms with Crippen molar-refractivity contribution in [3.63, 3.8) is 0 Å². The smallest absolute Gasteiger partial charge is 0.178 e. The van der Waals surface area contributed by atoms with Gasteiger partial charge in [-0.3, -0.25) is 0 Å². The molecule has 0 radical (unpaired) electrons. The van der Waals surface area contributed by atoms with Crippen LogP contribution >= 0.6 is 64.6 Å². The van der Waals surface area contributed by atoms with Gasteiger partial charge in [-0.05, 0) is 21.4 Å². The molecule has 1 aliphatic heterocycles. The fraction of sp³-hybridized carbons (Fsp3) is 0. The predicted octanol–water partition coefficient (Wildman–Crippen LogP) is 4.31.